The Morgan fingerprint density at radius 1 is 1.16 bits per heavy atom. The summed E-state index contributed by atoms with van der Waals surface area (Å²) in [6.45, 7) is 1.54. The zero-order valence-electron chi connectivity index (χ0n) is 14.9. The van der Waals surface area contributed by atoms with Crippen LogP contribution in [0.15, 0.2) is 24.3 Å². The monoisotopic (exact) mass is 346 g/mol. The minimum atomic E-state index is -0.458. The van der Waals surface area contributed by atoms with Crippen molar-refractivity contribution in [2.24, 2.45) is 0 Å². The molecule has 1 fully saturated rings. The van der Waals surface area contributed by atoms with Gasteiger partial charge in [-0.2, -0.15) is 0 Å². The molecule has 2 rings (SSSR count). The third kappa shape index (κ3) is 5.59. The maximum Gasteiger partial charge on any atom is 0.337 e. The van der Waals surface area contributed by atoms with Crippen molar-refractivity contribution in [2.75, 3.05) is 19.0 Å². The molecule has 1 aromatic carbocycles. The number of esters is 1. The van der Waals surface area contributed by atoms with Gasteiger partial charge in [-0.3, -0.25) is 9.59 Å². The van der Waals surface area contributed by atoms with Crippen LogP contribution in [-0.4, -0.2) is 42.4 Å². The van der Waals surface area contributed by atoms with E-state index in [1.54, 1.807) is 29.2 Å². The normalized spacial score (nSPS) is 15.1. The van der Waals surface area contributed by atoms with Gasteiger partial charge in [-0.1, -0.05) is 31.7 Å². The van der Waals surface area contributed by atoms with Crippen LogP contribution in [0.1, 0.15) is 55.8 Å². The predicted octanol–water partition coefficient (Wildman–Crippen LogP) is 2.98. The zero-order chi connectivity index (χ0) is 18.2. The molecule has 1 saturated carbocycles. The summed E-state index contributed by atoms with van der Waals surface area (Å²) < 4.78 is 4.68. The largest absolute Gasteiger partial charge is 0.465 e. The van der Waals surface area contributed by atoms with E-state index in [2.05, 4.69) is 10.1 Å². The molecular weight excluding hydrogens is 320 g/mol. The fourth-order valence-electron chi connectivity index (χ4n) is 3.26. The summed E-state index contributed by atoms with van der Waals surface area (Å²) in [6.07, 6.45) is 6.47. The Kier molecular flexibility index (Phi) is 6.98. The van der Waals surface area contributed by atoms with Crippen molar-refractivity contribution in [3.05, 3.63) is 29.8 Å². The van der Waals surface area contributed by atoms with Crippen molar-refractivity contribution in [3.8, 4) is 0 Å². The molecule has 1 aromatic rings. The molecule has 1 aliphatic rings. The number of amides is 2. The second kappa shape index (κ2) is 9.20. The maximum atomic E-state index is 12.4. The molecular formula is C19H26N2O4. The molecule has 0 bridgehead atoms. The van der Waals surface area contributed by atoms with Crippen molar-refractivity contribution in [1.82, 2.24) is 4.90 Å². The number of benzene rings is 1. The maximum absolute atomic E-state index is 12.4. The van der Waals surface area contributed by atoms with Gasteiger partial charge in [-0.15, -0.1) is 0 Å². The Bertz CT molecular complexity index is 622. The van der Waals surface area contributed by atoms with Crippen LogP contribution in [0.5, 0.6) is 0 Å². The van der Waals surface area contributed by atoms with Gasteiger partial charge in [0.05, 0.1) is 12.7 Å². The summed E-state index contributed by atoms with van der Waals surface area (Å²) in [5, 5.41) is 2.76. The van der Waals surface area contributed by atoms with E-state index in [4.69, 9.17) is 0 Å². The molecule has 0 heterocycles. The van der Waals surface area contributed by atoms with Gasteiger partial charge < -0.3 is 15.0 Å². The SMILES string of the molecule is COC(=O)c1cccc(NC(=O)CN(C(C)=O)C2CCCCCC2)c1. The number of ether oxygens (including phenoxy) is 1. The van der Waals surface area contributed by atoms with E-state index >= 15 is 0 Å². The standard InChI is InChI=1S/C19H26N2O4/c1-14(22)21(17-10-5-3-4-6-11-17)13-18(23)20-16-9-7-8-15(12-16)19(24)25-2/h7-9,12,17H,3-6,10-11,13H2,1-2H3,(H,20,23). The number of methoxy groups -OCH3 is 1. The van der Waals surface area contributed by atoms with Crippen LogP contribution in [0.4, 0.5) is 5.69 Å². The highest BCUT2D eigenvalue weighted by Gasteiger charge is 2.24. The first-order valence-electron chi connectivity index (χ1n) is 8.76. The molecule has 25 heavy (non-hydrogen) atoms. The van der Waals surface area contributed by atoms with E-state index < -0.39 is 5.97 Å². The number of hydrogen-bond acceptors (Lipinski definition) is 4. The lowest BCUT2D eigenvalue weighted by Crippen LogP contribution is -2.43. The zero-order valence-corrected chi connectivity index (χ0v) is 14.9. The first-order chi connectivity index (χ1) is 12.0. The first-order valence-corrected chi connectivity index (χ1v) is 8.76. The second-order valence-electron chi connectivity index (χ2n) is 6.41. The Morgan fingerprint density at radius 2 is 1.84 bits per heavy atom. The molecule has 0 unspecified atom stereocenters. The van der Waals surface area contributed by atoms with Crippen LogP contribution in [0.2, 0.25) is 0 Å². The Labute approximate surface area is 148 Å². The molecule has 1 N–H and O–H groups in total. The summed E-state index contributed by atoms with van der Waals surface area (Å²) in [5.41, 5.74) is 0.879. The van der Waals surface area contributed by atoms with E-state index in [9.17, 15) is 14.4 Å². The summed E-state index contributed by atoms with van der Waals surface area (Å²) in [5.74, 6) is -0.799. The van der Waals surface area contributed by atoms with Gasteiger partial charge in [-0.05, 0) is 31.0 Å². The van der Waals surface area contributed by atoms with Crippen molar-refractivity contribution in [3.63, 3.8) is 0 Å². The van der Waals surface area contributed by atoms with E-state index in [1.807, 2.05) is 0 Å². The fraction of sp³-hybridized carbons (Fsp3) is 0.526. The average Bonchev–Trinajstić information content (AvgIpc) is 2.88. The molecule has 0 aromatic heterocycles. The van der Waals surface area contributed by atoms with E-state index in [-0.39, 0.29) is 24.4 Å². The number of nitrogens with one attached hydrogen (secondary N) is 1. The Morgan fingerprint density at radius 3 is 2.44 bits per heavy atom. The van der Waals surface area contributed by atoms with Crippen LogP contribution in [0.3, 0.4) is 0 Å². The minimum Gasteiger partial charge on any atom is -0.465 e. The first kappa shape index (κ1) is 19.0. The van der Waals surface area contributed by atoms with Crippen LogP contribution in [0, 0.1) is 0 Å². The van der Waals surface area contributed by atoms with Crippen molar-refractivity contribution >= 4 is 23.5 Å². The smallest absolute Gasteiger partial charge is 0.337 e. The highest BCUT2D eigenvalue weighted by Crippen LogP contribution is 2.22. The lowest BCUT2D eigenvalue weighted by molar-refractivity contribution is -0.135. The Balaban J connectivity index is 2.01. The topological polar surface area (TPSA) is 75.7 Å². The number of hydrogen-bond donors (Lipinski definition) is 1. The summed E-state index contributed by atoms with van der Waals surface area (Å²) >= 11 is 0. The summed E-state index contributed by atoms with van der Waals surface area (Å²) in [4.78, 5) is 37.6. The molecule has 0 spiro atoms. The number of rotatable bonds is 5. The lowest BCUT2D eigenvalue weighted by atomic mass is 10.1. The van der Waals surface area contributed by atoms with Crippen molar-refractivity contribution in [1.29, 1.82) is 0 Å². The van der Waals surface area contributed by atoms with Crippen molar-refractivity contribution in [2.45, 2.75) is 51.5 Å². The Hall–Kier alpha value is -2.37. The van der Waals surface area contributed by atoms with Crippen LogP contribution < -0.4 is 5.32 Å². The quantitative estimate of drug-likeness (QED) is 0.657. The molecule has 136 valence electrons. The fourth-order valence-corrected chi connectivity index (χ4v) is 3.26. The molecule has 0 radical (unpaired) electrons. The van der Waals surface area contributed by atoms with Crippen LogP contribution >= 0.6 is 0 Å². The van der Waals surface area contributed by atoms with Crippen LogP contribution in [-0.2, 0) is 14.3 Å². The third-order valence-electron chi connectivity index (χ3n) is 4.55. The van der Waals surface area contributed by atoms with Gasteiger partial charge in [0.1, 0.15) is 6.54 Å². The second-order valence-corrected chi connectivity index (χ2v) is 6.41. The molecule has 6 heteroatoms. The highest BCUT2D eigenvalue weighted by atomic mass is 16.5. The number of nitrogens with zero attached hydrogens (tertiary/aromatic N) is 1. The molecule has 2 amide bonds. The number of carbonyl (C=O) groups is 3. The number of anilines is 1. The van der Waals surface area contributed by atoms with Crippen molar-refractivity contribution < 1.29 is 19.1 Å². The van der Waals surface area contributed by atoms with E-state index in [0.29, 0.717) is 11.3 Å². The summed E-state index contributed by atoms with van der Waals surface area (Å²) in [6, 6.07) is 6.69. The molecule has 0 saturated heterocycles. The molecule has 0 aliphatic heterocycles. The lowest BCUT2D eigenvalue weighted by Gasteiger charge is -2.29. The predicted molar refractivity (Wildman–Crippen MR) is 95.3 cm³/mol. The minimum absolute atomic E-state index is 0.0302. The van der Waals surface area contributed by atoms with E-state index in [1.165, 1.54) is 26.9 Å². The number of carbonyl (C=O) groups excluding carboxylic acids is 3. The molecule has 1 aliphatic carbocycles. The summed E-state index contributed by atoms with van der Waals surface area (Å²) in [7, 11) is 1.31. The van der Waals surface area contributed by atoms with E-state index in [0.717, 1.165) is 25.7 Å². The molecule has 6 nitrogen and oxygen atoms in total. The molecule has 0 atom stereocenters. The van der Waals surface area contributed by atoms with Gasteiger partial charge >= 0.3 is 5.97 Å². The van der Waals surface area contributed by atoms with Crippen LogP contribution in [0.25, 0.3) is 0 Å². The third-order valence-corrected chi connectivity index (χ3v) is 4.55. The van der Waals surface area contributed by atoms with Gasteiger partial charge in [0.15, 0.2) is 0 Å². The van der Waals surface area contributed by atoms with Gasteiger partial charge in [0, 0.05) is 18.7 Å². The average molecular weight is 346 g/mol. The highest BCUT2D eigenvalue weighted by molar-refractivity contribution is 5.96. The van der Waals surface area contributed by atoms with Gasteiger partial charge in [0.25, 0.3) is 0 Å². The van der Waals surface area contributed by atoms with Gasteiger partial charge in [0.2, 0.25) is 11.8 Å². The van der Waals surface area contributed by atoms with Gasteiger partial charge in [-0.25, -0.2) is 4.79 Å².